The van der Waals surface area contributed by atoms with Gasteiger partial charge in [-0.1, -0.05) is 6.07 Å². The van der Waals surface area contributed by atoms with Gasteiger partial charge in [-0.2, -0.15) is 0 Å². The minimum atomic E-state index is -3.77. The molecule has 3 aliphatic heterocycles. The van der Waals surface area contributed by atoms with E-state index in [2.05, 4.69) is 4.72 Å². The maximum Gasteiger partial charge on any atom is 0.240 e. The average molecular weight is 414 g/mol. The molecule has 1 amide bonds. The number of hydrogen-bond acceptors (Lipinski definition) is 5. The number of fused-ring (bicyclic) bond motifs is 1. The quantitative estimate of drug-likeness (QED) is 0.773. The van der Waals surface area contributed by atoms with Crippen LogP contribution in [0.3, 0.4) is 0 Å². The third-order valence-corrected chi connectivity index (χ3v) is 7.30. The molecule has 0 fully saturated rings. The number of anilines is 1. The van der Waals surface area contributed by atoms with Gasteiger partial charge in [-0.05, 0) is 59.4 Å². The molecule has 0 aliphatic carbocycles. The van der Waals surface area contributed by atoms with Gasteiger partial charge in [0.15, 0.2) is 0 Å². The number of nitrogens with zero attached hydrogens (tertiary/aromatic N) is 1. The summed E-state index contributed by atoms with van der Waals surface area (Å²) in [4.78, 5) is 14.0. The Balaban J connectivity index is 1.35. The molecule has 5 rings (SSSR count). The molecule has 2 N–H and O–H groups in total. The molecule has 2 aromatic carbocycles. The lowest BCUT2D eigenvalue weighted by molar-refractivity contribution is -0.118. The van der Waals surface area contributed by atoms with Crippen LogP contribution < -0.4 is 14.4 Å². The maximum absolute atomic E-state index is 12.9. The topological polar surface area (TPSA) is 95.9 Å². The standard InChI is InChI=1S/C21H22N2O5S/c24-18(13-1-3-19-14(9-13)6-8-28-19)12-22-29(26,27)17-10-15-2-4-20(25)23-7-5-16(11-17)21(15)23/h1,3,9-11,18,22,24H,2,4-8,12H2/t18-/m1/s1. The highest BCUT2D eigenvalue weighted by Gasteiger charge is 2.33. The summed E-state index contributed by atoms with van der Waals surface area (Å²) in [5.74, 6) is 0.925. The van der Waals surface area contributed by atoms with E-state index in [1.165, 1.54) is 0 Å². The van der Waals surface area contributed by atoms with E-state index in [9.17, 15) is 18.3 Å². The first-order valence-corrected chi connectivity index (χ1v) is 11.3. The Morgan fingerprint density at radius 1 is 1.07 bits per heavy atom. The lowest BCUT2D eigenvalue weighted by Gasteiger charge is -2.25. The minimum Gasteiger partial charge on any atom is -0.493 e. The van der Waals surface area contributed by atoms with Crippen molar-refractivity contribution in [1.82, 2.24) is 4.72 Å². The third-order valence-electron chi connectivity index (χ3n) is 5.90. The Bertz CT molecular complexity index is 1110. The second-order valence-electron chi connectivity index (χ2n) is 7.72. The number of carbonyl (C=O) groups is 1. The van der Waals surface area contributed by atoms with E-state index in [1.54, 1.807) is 23.1 Å². The molecular weight excluding hydrogens is 392 g/mol. The summed E-state index contributed by atoms with van der Waals surface area (Å²) in [6, 6.07) is 8.75. The van der Waals surface area contributed by atoms with E-state index in [0.29, 0.717) is 38.0 Å². The molecule has 3 aliphatic rings. The van der Waals surface area contributed by atoms with Crippen LogP contribution in [0.1, 0.15) is 34.8 Å². The second-order valence-corrected chi connectivity index (χ2v) is 9.49. The molecule has 0 saturated heterocycles. The molecule has 8 heteroatoms. The van der Waals surface area contributed by atoms with E-state index in [-0.39, 0.29) is 17.3 Å². The Hall–Kier alpha value is -2.42. The molecule has 7 nitrogen and oxygen atoms in total. The van der Waals surface area contributed by atoms with Crippen LogP contribution in [0.15, 0.2) is 35.2 Å². The summed E-state index contributed by atoms with van der Waals surface area (Å²) in [5, 5.41) is 10.5. The molecule has 2 aromatic rings. The summed E-state index contributed by atoms with van der Waals surface area (Å²) in [5.41, 5.74) is 4.38. The van der Waals surface area contributed by atoms with Crippen molar-refractivity contribution in [1.29, 1.82) is 0 Å². The summed E-state index contributed by atoms with van der Waals surface area (Å²) in [6.45, 7) is 1.13. The molecule has 1 atom stereocenters. The highest BCUT2D eigenvalue weighted by molar-refractivity contribution is 7.89. The van der Waals surface area contributed by atoms with Gasteiger partial charge in [-0.15, -0.1) is 0 Å². The van der Waals surface area contributed by atoms with Crippen LogP contribution in [0.5, 0.6) is 5.75 Å². The fourth-order valence-corrected chi connectivity index (χ4v) is 5.52. The fourth-order valence-electron chi connectivity index (χ4n) is 4.38. The number of aliphatic hydroxyl groups excluding tert-OH is 1. The molecule has 0 aromatic heterocycles. The Kier molecular flexibility index (Phi) is 4.38. The van der Waals surface area contributed by atoms with Gasteiger partial charge in [0.1, 0.15) is 5.75 Å². The van der Waals surface area contributed by atoms with E-state index >= 15 is 0 Å². The molecule has 0 unspecified atom stereocenters. The molecule has 0 bridgehead atoms. The van der Waals surface area contributed by atoms with Gasteiger partial charge in [-0.3, -0.25) is 4.79 Å². The molecule has 29 heavy (non-hydrogen) atoms. The molecule has 0 spiro atoms. The summed E-state index contributed by atoms with van der Waals surface area (Å²) in [7, 11) is -3.77. The van der Waals surface area contributed by atoms with Gasteiger partial charge in [0.25, 0.3) is 0 Å². The first kappa shape index (κ1) is 18.6. The van der Waals surface area contributed by atoms with Crippen LogP contribution in [0, 0.1) is 0 Å². The highest BCUT2D eigenvalue weighted by Crippen LogP contribution is 2.38. The number of amides is 1. The van der Waals surface area contributed by atoms with Crippen molar-refractivity contribution in [2.75, 3.05) is 24.6 Å². The number of rotatable bonds is 5. The van der Waals surface area contributed by atoms with Crippen LogP contribution in [0.25, 0.3) is 0 Å². The van der Waals surface area contributed by atoms with Crippen molar-refractivity contribution >= 4 is 21.6 Å². The van der Waals surface area contributed by atoms with Crippen molar-refractivity contribution in [3.63, 3.8) is 0 Å². The van der Waals surface area contributed by atoms with Crippen molar-refractivity contribution < 1.29 is 23.1 Å². The van der Waals surface area contributed by atoms with Crippen LogP contribution in [0.4, 0.5) is 5.69 Å². The first-order chi connectivity index (χ1) is 13.9. The lowest BCUT2D eigenvalue weighted by Crippen LogP contribution is -2.33. The van der Waals surface area contributed by atoms with Crippen LogP contribution >= 0.6 is 0 Å². The zero-order valence-electron chi connectivity index (χ0n) is 15.8. The fraction of sp³-hybridized carbons (Fsp3) is 0.381. The van der Waals surface area contributed by atoms with E-state index in [0.717, 1.165) is 34.5 Å². The number of hydrogen-bond donors (Lipinski definition) is 2. The normalized spacial score (nSPS) is 18.4. The van der Waals surface area contributed by atoms with E-state index in [1.807, 2.05) is 12.1 Å². The van der Waals surface area contributed by atoms with Gasteiger partial charge in [0.05, 0.1) is 23.3 Å². The summed E-state index contributed by atoms with van der Waals surface area (Å²) < 4.78 is 33.7. The Morgan fingerprint density at radius 3 is 2.69 bits per heavy atom. The highest BCUT2D eigenvalue weighted by atomic mass is 32.2. The average Bonchev–Trinajstić information content (AvgIpc) is 3.36. The molecular formula is C21H22N2O5S. The SMILES string of the molecule is O=C1CCc2cc(S(=O)(=O)NC[C@@H](O)c3ccc4c(c3)CCO4)cc3c2N1CC3. The zero-order valence-corrected chi connectivity index (χ0v) is 16.7. The zero-order chi connectivity index (χ0) is 20.2. The minimum absolute atomic E-state index is 0.104. The summed E-state index contributed by atoms with van der Waals surface area (Å²) >= 11 is 0. The van der Waals surface area contributed by atoms with E-state index in [4.69, 9.17) is 4.74 Å². The smallest absolute Gasteiger partial charge is 0.240 e. The predicted molar refractivity (Wildman–Crippen MR) is 107 cm³/mol. The Labute approximate surface area is 169 Å². The van der Waals surface area contributed by atoms with Crippen LogP contribution in [-0.4, -0.2) is 39.1 Å². The van der Waals surface area contributed by atoms with Crippen molar-refractivity contribution in [2.24, 2.45) is 0 Å². The van der Waals surface area contributed by atoms with Crippen molar-refractivity contribution in [2.45, 2.75) is 36.7 Å². The largest absolute Gasteiger partial charge is 0.493 e. The molecule has 0 radical (unpaired) electrons. The van der Waals surface area contributed by atoms with E-state index < -0.39 is 16.1 Å². The Morgan fingerprint density at radius 2 is 1.86 bits per heavy atom. The van der Waals surface area contributed by atoms with Crippen molar-refractivity contribution in [3.8, 4) is 5.75 Å². The number of ether oxygens (including phenoxy) is 1. The number of carbonyl (C=O) groups excluding carboxylic acids is 1. The number of benzene rings is 2. The molecule has 0 saturated carbocycles. The van der Waals surface area contributed by atoms with Gasteiger partial charge in [0, 0.05) is 25.9 Å². The lowest BCUT2D eigenvalue weighted by atomic mass is 10.00. The van der Waals surface area contributed by atoms with Gasteiger partial charge in [0.2, 0.25) is 15.9 Å². The third kappa shape index (κ3) is 3.21. The van der Waals surface area contributed by atoms with Gasteiger partial charge >= 0.3 is 0 Å². The second kappa shape index (κ2) is 6.83. The first-order valence-electron chi connectivity index (χ1n) is 9.82. The number of nitrogens with one attached hydrogen (secondary N) is 1. The van der Waals surface area contributed by atoms with Crippen LogP contribution in [-0.2, 0) is 34.1 Å². The molecule has 3 heterocycles. The van der Waals surface area contributed by atoms with Gasteiger partial charge < -0.3 is 14.7 Å². The number of sulfonamides is 1. The number of aliphatic hydroxyl groups is 1. The summed E-state index contributed by atoms with van der Waals surface area (Å²) in [6.07, 6.45) is 1.47. The molecule has 152 valence electrons. The van der Waals surface area contributed by atoms with Crippen molar-refractivity contribution in [3.05, 3.63) is 52.6 Å². The predicted octanol–water partition coefficient (Wildman–Crippen LogP) is 1.47. The van der Waals surface area contributed by atoms with Gasteiger partial charge in [-0.25, -0.2) is 13.1 Å². The van der Waals surface area contributed by atoms with Crippen LogP contribution in [0.2, 0.25) is 0 Å². The number of aryl methyl sites for hydroxylation is 1. The monoisotopic (exact) mass is 414 g/mol. The maximum atomic E-state index is 12.9.